The molecule has 7 heteroatoms. The van der Waals surface area contributed by atoms with Gasteiger partial charge < -0.3 is 11.1 Å². The maximum absolute atomic E-state index is 11.7. The number of anilines is 1. The van der Waals surface area contributed by atoms with Crippen LogP contribution in [0.2, 0.25) is 5.02 Å². The molecule has 0 unspecified atom stereocenters. The van der Waals surface area contributed by atoms with E-state index in [2.05, 4.69) is 5.32 Å². The number of carbonyl (C=O) groups excluding carboxylic acids is 1. The molecule has 98 valence electrons. The molecule has 1 atom stereocenters. The number of nitro groups is 1. The van der Waals surface area contributed by atoms with Gasteiger partial charge in [0.2, 0.25) is 5.91 Å². The number of hydrogen-bond acceptors (Lipinski definition) is 4. The van der Waals surface area contributed by atoms with Crippen molar-refractivity contribution in [2.75, 3.05) is 5.32 Å². The van der Waals surface area contributed by atoms with Crippen molar-refractivity contribution in [3.63, 3.8) is 0 Å². The van der Waals surface area contributed by atoms with Crippen molar-refractivity contribution in [2.45, 2.75) is 19.9 Å². The fraction of sp³-hybridized carbons (Fsp3) is 0.364. The summed E-state index contributed by atoms with van der Waals surface area (Å²) >= 11 is 5.84. The fourth-order valence-electron chi connectivity index (χ4n) is 1.24. The highest BCUT2D eigenvalue weighted by Gasteiger charge is 2.19. The number of amides is 1. The van der Waals surface area contributed by atoms with Gasteiger partial charge in [-0.25, -0.2) is 0 Å². The van der Waals surface area contributed by atoms with Crippen LogP contribution < -0.4 is 11.1 Å². The number of halogens is 1. The molecule has 0 radical (unpaired) electrons. The van der Waals surface area contributed by atoms with E-state index >= 15 is 0 Å². The standard InChI is InChI=1S/C11H14ClN3O3/c1-6(2)10(13)11(16)14-9-4-3-7(15(17)18)5-8(9)12/h3-6,10H,13H2,1-2H3,(H,14,16)/t10-/m1/s1. The van der Waals surface area contributed by atoms with E-state index in [1.54, 1.807) is 0 Å². The molecule has 0 saturated heterocycles. The van der Waals surface area contributed by atoms with Gasteiger partial charge in [0, 0.05) is 12.1 Å². The zero-order valence-corrected chi connectivity index (χ0v) is 10.8. The number of non-ortho nitro benzene ring substituents is 1. The first kappa shape index (κ1) is 14.4. The van der Waals surface area contributed by atoms with Crippen LogP contribution in [0.25, 0.3) is 0 Å². The lowest BCUT2D eigenvalue weighted by Gasteiger charge is -2.15. The highest BCUT2D eigenvalue weighted by atomic mass is 35.5. The van der Waals surface area contributed by atoms with E-state index in [4.69, 9.17) is 17.3 Å². The van der Waals surface area contributed by atoms with Crippen molar-refractivity contribution in [2.24, 2.45) is 11.7 Å². The van der Waals surface area contributed by atoms with Crippen molar-refractivity contribution in [3.05, 3.63) is 33.3 Å². The van der Waals surface area contributed by atoms with Crippen LogP contribution in [0.15, 0.2) is 18.2 Å². The van der Waals surface area contributed by atoms with Crippen molar-refractivity contribution < 1.29 is 9.72 Å². The number of nitrogens with two attached hydrogens (primary N) is 1. The van der Waals surface area contributed by atoms with Crippen LogP contribution in [0.5, 0.6) is 0 Å². The fourth-order valence-corrected chi connectivity index (χ4v) is 1.46. The third-order valence-corrected chi connectivity index (χ3v) is 2.76. The van der Waals surface area contributed by atoms with Crippen molar-refractivity contribution in [1.29, 1.82) is 0 Å². The normalized spacial score (nSPS) is 12.3. The van der Waals surface area contributed by atoms with Gasteiger partial charge >= 0.3 is 0 Å². The Hall–Kier alpha value is -1.66. The maximum atomic E-state index is 11.7. The molecule has 0 aliphatic carbocycles. The first-order chi connectivity index (χ1) is 8.32. The molecule has 1 amide bonds. The van der Waals surface area contributed by atoms with Gasteiger partial charge in [-0.1, -0.05) is 25.4 Å². The van der Waals surface area contributed by atoms with Crippen LogP contribution in [-0.4, -0.2) is 16.9 Å². The quantitative estimate of drug-likeness (QED) is 0.647. The summed E-state index contributed by atoms with van der Waals surface area (Å²) in [5, 5.41) is 13.2. The molecule has 0 bridgehead atoms. The molecule has 0 aliphatic rings. The lowest BCUT2D eigenvalue weighted by molar-refractivity contribution is -0.384. The Bertz CT molecular complexity index is 477. The van der Waals surface area contributed by atoms with E-state index in [-0.39, 0.29) is 22.5 Å². The third kappa shape index (κ3) is 3.41. The number of nitro benzene ring substituents is 1. The Morgan fingerprint density at radius 2 is 2.11 bits per heavy atom. The molecule has 0 spiro atoms. The molecule has 1 rings (SSSR count). The molecule has 3 N–H and O–H groups in total. The second kappa shape index (κ2) is 5.79. The Kier molecular flexibility index (Phi) is 4.63. The predicted octanol–water partition coefficient (Wildman–Crippen LogP) is 2.17. The van der Waals surface area contributed by atoms with Gasteiger partial charge in [0.25, 0.3) is 5.69 Å². The molecule has 0 fully saturated rings. The zero-order chi connectivity index (χ0) is 13.9. The Balaban J connectivity index is 2.86. The Labute approximate surface area is 109 Å². The SMILES string of the molecule is CC(C)[C@@H](N)C(=O)Nc1ccc([N+](=O)[O-])cc1Cl. The minimum absolute atomic E-state index is 0.0122. The molecule has 0 saturated carbocycles. The van der Waals surface area contributed by atoms with Gasteiger partial charge in [0.1, 0.15) is 0 Å². The summed E-state index contributed by atoms with van der Waals surface area (Å²) in [6.07, 6.45) is 0. The van der Waals surface area contributed by atoms with Crippen LogP contribution in [0.4, 0.5) is 11.4 Å². The van der Waals surface area contributed by atoms with E-state index in [0.717, 1.165) is 0 Å². The summed E-state index contributed by atoms with van der Waals surface area (Å²) < 4.78 is 0. The summed E-state index contributed by atoms with van der Waals surface area (Å²) in [5.41, 5.74) is 5.85. The minimum Gasteiger partial charge on any atom is -0.323 e. The smallest absolute Gasteiger partial charge is 0.271 e. The van der Waals surface area contributed by atoms with Gasteiger partial charge in [-0.15, -0.1) is 0 Å². The van der Waals surface area contributed by atoms with Gasteiger partial charge in [-0.2, -0.15) is 0 Å². The lowest BCUT2D eigenvalue weighted by atomic mass is 10.0. The number of nitrogens with zero attached hydrogens (tertiary/aromatic N) is 1. The largest absolute Gasteiger partial charge is 0.323 e. The highest BCUT2D eigenvalue weighted by molar-refractivity contribution is 6.34. The summed E-state index contributed by atoms with van der Waals surface area (Å²) in [4.78, 5) is 21.7. The molecule has 0 aromatic heterocycles. The number of hydrogen-bond donors (Lipinski definition) is 2. The Morgan fingerprint density at radius 3 is 2.56 bits per heavy atom. The minimum atomic E-state index is -0.656. The summed E-state index contributed by atoms with van der Waals surface area (Å²) in [6, 6.07) is 3.17. The highest BCUT2D eigenvalue weighted by Crippen LogP contribution is 2.26. The number of rotatable bonds is 4. The van der Waals surface area contributed by atoms with Gasteiger partial charge in [0.05, 0.1) is 21.7 Å². The van der Waals surface area contributed by atoms with E-state index in [1.165, 1.54) is 18.2 Å². The maximum Gasteiger partial charge on any atom is 0.271 e. The summed E-state index contributed by atoms with van der Waals surface area (Å²) in [7, 11) is 0. The molecule has 6 nitrogen and oxygen atoms in total. The van der Waals surface area contributed by atoms with E-state index in [0.29, 0.717) is 5.69 Å². The second-order valence-electron chi connectivity index (χ2n) is 4.18. The topological polar surface area (TPSA) is 98.3 Å². The molecular formula is C11H14ClN3O3. The first-order valence-corrected chi connectivity index (χ1v) is 5.71. The number of carbonyl (C=O) groups is 1. The van der Waals surface area contributed by atoms with Crippen LogP contribution in [0.1, 0.15) is 13.8 Å². The third-order valence-electron chi connectivity index (χ3n) is 2.44. The van der Waals surface area contributed by atoms with Crippen LogP contribution in [0, 0.1) is 16.0 Å². The van der Waals surface area contributed by atoms with Crippen LogP contribution in [0.3, 0.4) is 0 Å². The molecule has 0 aliphatic heterocycles. The monoisotopic (exact) mass is 271 g/mol. The van der Waals surface area contributed by atoms with Gasteiger partial charge in [0.15, 0.2) is 0 Å². The molecule has 0 heterocycles. The van der Waals surface area contributed by atoms with E-state index in [9.17, 15) is 14.9 Å². The average Bonchev–Trinajstić information content (AvgIpc) is 2.30. The van der Waals surface area contributed by atoms with Crippen molar-refractivity contribution in [1.82, 2.24) is 0 Å². The van der Waals surface area contributed by atoms with E-state index in [1.807, 2.05) is 13.8 Å². The second-order valence-corrected chi connectivity index (χ2v) is 4.59. The van der Waals surface area contributed by atoms with Crippen molar-refractivity contribution >= 4 is 28.9 Å². The van der Waals surface area contributed by atoms with Crippen molar-refractivity contribution in [3.8, 4) is 0 Å². The van der Waals surface area contributed by atoms with Crippen LogP contribution >= 0.6 is 11.6 Å². The zero-order valence-electron chi connectivity index (χ0n) is 10.0. The molecule has 1 aromatic carbocycles. The van der Waals surface area contributed by atoms with E-state index < -0.39 is 11.0 Å². The average molecular weight is 272 g/mol. The predicted molar refractivity (Wildman–Crippen MR) is 69.5 cm³/mol. The van der Waals surface area contributed by atoms with Gasteiger partial charge in [-0.3, -0.25) is 14.9 Å². The summed E-state index contributed by atoms with van der Waals surface area (Å²) in [6.45, 7) is 3.64. The lowest BCUT2D eigenvalue weighted by Crippen LogP contribution is -2.39. The molecule has 1 aromatic rings. The van der Waals surface area contributed by atoms with Crippen LogP contribution in [-0.2, 0) is 4.79 Å². The van der Waals surface area contributed by atoms with Gasteiger partial charge in [-0.05, 0) is 12.0 Å². The first-order valence-electron chi connectivity index (χ1n) is 5.33. The number of nitrogens with one attached hydrogen (secondary N) is 1. The summed E-state index contributed by atoms with van der Waals surface area (Å²) in [5.74, 6) is -0.387. The molecule has 18 heavy (non-hydrogen) atoms. The Morgan fingerprint density at radius 1 is 1.50 bits per heavy atom. The number of benzene rings is 1. The molecular weight excluding hydrogens is 258 g/mol.